The van der Waals surface area contributed by atoms with Crippen molar-refractivity contribution < 1.29 is 4.79 Å². The number of hydrogen-bond acceptors (Lipinski definition) is 3. The third-order valence-electron chi connectivity index (χ3n) is 5.06. The van der Waals surface area contributed by atoms with Crippen LogP contribution in [0.25, 0.3) is 0 Å². The van der Waals surface area contributed by atoms with Gasteiger partial charge < -0.3 is 15.1 Å². The largest absolute Gasteiger partial charge is 0.340 e. The number of rotatable bonds is 6. The van der Waals surface area contributed by atoms with Crippen molar-refractivity contribution in [3.63, 3.8) is 0 Å². The molecule has 1 aliphatic carbocycles. The van der Waals surface area contributed by atoms with E-state index in [9.17, 15) is 4.79 Å². The lowest BCUT2D eigenvalue weighted by Crippen LogP contribution is -2.47. The summed E-state index contributed by atoms with van der Waals surface area (Å²) in [6.45, 7) is 5.45. The van der Waals surface area contributed by atoms with E-state index in [-0.39, 0.29) is 0 Å². The van der Waals surface area contributed by atoms with E-state index in [0.717, 1.165) is 43.7 Å². The monoisotopic (exact) mass is 379 g/mol. The molecular formula is C18H26BrN3O. The van der Waals surface area contributed by atoms with E-state index in [1.165, 1.54) is 18.4 Å². The zero-order valence-corrected chi connectivity index (χ0v) is 15.4. The Morgan fingerprint density at radius 2 is 1.91 bits per heavy atom. The minimum atomic E-state index is 0.298. The maximum absolute atomic E-state index is 12.3. The van der Waals surface area contributed by atoms with Gasteiger partial charge >= 0.3 is 0 Å². The van der Waals surface area contributed by atoms with Crippen LogP contribution >= 0.6 is 15.9 Å². The zero-order chi connectivity index (χ0) is 16.3. The minimum absolute atomic E-state index is 0.298. The summed E-state index contributed by atoms with van der Waals surface area (Å²) in [5, 5.41) is 3.29. The van der Waals surface area contributed by atoms with Gasteiger partial charge in [-0.05, 0) is 37.6 Å². The lowest BCUT2D eigenvalue weighted by atomic mass is 9.95. The fraction of sp³-hybridized carbons (Fsp3) is 0.611. The Labute approximate surface area is 147 Å². The van der Waals surface area contributed by atoms with E-state index in [2.05, 4.69) is 57.5 Å². The fourth-order valence-electron chi connectivity index (χ4n) is 3.45. The number of halogens is 1. The van der Waals surface area contributed by atoms with Crippen LogP contribution in [0, 0.1) is 0 Å². The van der Waals surface area contributed by atoms with Gasteiger partial charge in [-0.3, -0.25) is 4.79 Å². The molecule has 2 fully saturated rings. The number of likely N-dealkylation sites (N-methyl/N-ethyl adjacent to an activating group) is 1. The number of nitrogens with zero attached hydrogens (tertiary/aromatic N) is 2. The second-order valence-corrected chi connectivity index (χ2v) is 7.82. The molecule has 0 spiro atoms. The van der Waals surface area contributed by atoms with Crippen LogP contribution in [-0.2, 0) is 10.2 Å². The van der Waals surface area contributed by atoms with Crippen molar-refractivity contribution in [3.8, 4) is 0 Å². The van der Waals surface area contributed by atoms with Crippen LogP contribution in [0.4, 0.5) is 0 Å². The van der Waals surface area contributed by atoms with Gasteiger partial charge in [0.1, 0.15) is 0 Å². The first-order valence-corrected chi connectivity index (χ1v) is 9.31. The molecule has 3 rings (SSSR count). The molecule has 0 radical (unpaired) electrons. The minimum Gasteiger partial charge on any atom is -0.340 e. The van der Waals surface area contributed by atoms with Crippen molar-refractivity contribution in [3.05, 3.63) is 34.3 Å². The van der Waals surface area contributed by atoms with Crippen molar-refractivity contribution in [1.29, 1.82) is 0 Å². The summed E-state index contributed by atoms with van der Waals surface area (Å²) in [5.74, 6) is 0.298. The highest BCUT2D eigenvalue weighted by molar-refractivity contribution is 9.10. The van der Waals surface area contributed by atoms with Gasteiger partial charge in [0.15, 0.2) is 0 Å². The molecule has 0 unspecified atom stereocenters. The molecule has 2 aliphatic rings. The molecule has 1 amide bonds. The molecule has 1 saturated heterocycles. The summed E-state index contributed by atoms with van der Waals surface area (Å²) in [6, 6.07) is 8.72. The first kappa shape index (κ1) is 16.9. The molecule has 5 heteroatoms. The molecule has 1 heterocycles. The quantitative estimate of drug-likeness (QED) is 0.822. The van der Waals surface area contributed by atoms with Gasteiger partial charge in [-0.1, -0.05) is 28.1 Å². The van der Waals surface area contributed by atoms with Crippen molar-refractivity contribution in [1.82, 2.24) is 15.1 Å². The Kier molecular flexibility index (Phi) is 5.39. The Balaban J connectivity index is 1.48. The van der Waals surface area contributed by atoms with Crippen molar-refractivity contribution in [2.75, 3.05) is 46.3 Å². The van der Waals surface area contributed by atoms with Crippen molar-refractivity contribution in [2.24, 2.45) is 0 Å². The Bertz CT molecular complexity index is 536. The molecule has 1 N–H and O–H groups in total. The molecular weight excluding hydrogens is 354 g/mol. The fourth-order valence-corrected chi connectivity index (χ4v) is 3.71. The third kappa shape index (κ3) is 4.34. The van der Waals surface area contributed by atoms with E-state index in [4.69, 9.17) is 0 Å². The van der Waals surface area contributed by atoms with Crippen LogP contribution in [0.5, 0.6) is 0 Å². The maximum atomic E-state index is 12.3. The van der Waals surface area contributed by atoms with Crippen LogP contribution < -0.4 is 5.32 Å². The summed E-state index contributed by atoms with van der Waals surface area (Å²) in [6.07, 6.45) is 3.14. The Morgan fingerprint density at radius 3 is 2.52 bits per heavy atom. The number of benzene rings is 1. The van der Waals surface area contributed by atoms with Crippen molar-refractivity contribution >= 4 is 21.8 Å². The standard InChI is InChI=1S/C18H26BrN3O/c1-21(11-6-17(23)22-12-9-20-10-13-22)14-18(7-8-18)15-2-4-16(19)5-3-15/h2-5,20H,6-14H2,1H3. The smallest absolute Gasteiger partial charge is 0.223 e. The van der Waals surface area contributed by atoms with Gasteiger partial charge in [0.2, 0.25) is 5.91 Å². The molecule has 1 aliphatic heterocycles. The van der Waals surface area contributed by atoms with Crippen LogP contribution in [0.3, 0.4) is 0 Å². The van der Waals surface area contributed by atoms with Gasteiger partial charge in [-0.15, -0.1) is 0 Å². The van der Waals surface area contributed by atoms with E-state index in [1.807, 2.05) is 4.90 Å². The molecule has 1 saturated carbocycles. The van der Waals surface area contributed by atoms with E-state index in [0.29, 0.717) is 17.7 Å². The number of hydrogen-bond donors (Lipinski definition) is 1. The Hall–Kier alpha value is -0.910. The van der Waals surface area contributed by atoms with Crippen LogP contribution in [0.2, 0.25) is 0 Å². The second-order valence-electron chi connectivity index (χ2n) is 6.91. The number of nitrogens with one attached hydrogen (secondary N) is 1. The predicted molar refractivity (Wildman–Crippen MR) is 96.6 cm³/mol. The highest BCUT2D eigenvalue weighted by Gasteiger charge is 2.44. The van der Waals surface area contributed by atoms with Crippen LogP contribution in [0.1, 0.15) is 24.8 Å². The second kappa shape index (κ2) is 7.32. The summed E-state index contributed by atoms with van der Waals surface area (Å²) in [5.41, 5.74) is 1.74. The van der Waals surface area contributed by atoms with Gasteiger partial charge in [-0.2, -0.15) is 0 Å². The topological polar surface area (TPSA) is 35.6 Å². The number of carbonyl (C=O) groups is 1. The van der Waals surface area contributed by atoms with Crippen molar-refractivity contribution in [2.45, 2.75) is 24.7 Å². The summed E-state index contributed by atoms with van der Waals surface area (Å²) in [7, 11) is 2.14. The van der Waals surface area contributed by atoms with Gasteiger partial charge in [0, 0.05) is 55.6 Å². The highest BCUT2D eigenvalue weighted by Crippen LogP contribution is 2.48. The van der Waals surface area contributed by atoms with Gasteiger partial charge in [0.25, 0.3) is 0 Å². The predicted octanol–water partition coefficient (Wildman–Crippen LogP) is 2.23. The number of amides is 1. The van der Waals surface area contributed by atoms with Crippen LogP contribution in [0.15, 0.2) is 28.7 Å². The average Bonchev–Trinajstić information content (AvgIpc) is 3.34. The summed E-state index contributed by atoms with van der Waals surface area (Å²) < 4.78 is 1.13. The molecule has 0 bridgehead atoms. The molecule has 23 heavy (non-hydrogen) atoms. The summed E-state index contributed by atoms with van der Waals surface area (Å²) >= 11 is 3.50. The SMILES string of the molecule is CN(CCC(=O)N1CCNCC1)CC1(c2ccc(Br)cc2)CC1. The number of carbonyl (C=O) groups excluding carboxylic acids is 1. The molecule has 0 aromatic heterocycles. The van der Waals surface area contributed by atoms with E-state index < -0.39 is 0 Å². The average molecular weight is 380 g/mol. The molecule has 126 valence electrons. The zero-order valence-electron chi connectivity index (χ0n) is 13.9. The lowest BCUT2D eigenvalue weighted by molar-refractivity contribution is -0.132. The first-order chi connectivity index (χ1) is 11.1. The molecule has 1 aromatic rings. The lowest BCUT2D eigenvalue weighted by Gasteiger charge is -2.29. The van der Waals surface area contributed by atoms with Crippen LogP contribution in [-0.4, -0.2) is 62.0 Å². The van der Waals surface area contributed by atoms with Gasteiger partial charge in [-0.25, -0.2) is 0 Å². The molecule has 4 nitrogen and oxygen atoms in total. The highest BCUT2D eigenvalue weighted by atomic mass is 79.9. The third-order valence-corrected chi connectivity index (χ3v) is 5.59. The molecule has 0 atom stereocenters. The van der Waals surface area contributed by atoms with E-state index >= 15 is 0 Å². The van der Waals surface area contributed by atoms with E-state index in [1.54, 1.807) is 0 Å². The summed E-state index contributed by atoms with van der Waals surface area (Å²) in [4.78, 5) is 16.6. The van der Waals surface area contributed by atoms with Gasteiger partial charge in [0.05, 0.1) is 0 Å². The normalized spacial score (nSPS) is 19.9. The maximum Gasteiger partial charge on any atom is 0.223 e. The number of piperazine rings is 1. The first-order valence-electron chi connectivity index (χ1n) is 8.52. The molecule has 1 aromatic carbocycles. The Morgan fingerprint density at radius 1 is 1.26 bits per heavy atom.